The number of alkyl halides is 1. The van der Waals surface area contributed by atoms with E-state index < -0.39 is 16.5 Å². The Bertz CT molecular complexity index is 612. The molecule has 0 heterocycles. The summed E-state index contributed by atoms with van der Waals surface area (Å²) in [6.45, 7) is 2.18. The first-order valence-corrected chi connectivity index (χ1v) is 9.37. The lowest BCUT2D eigenvalue weighted by atomic mass is 10.1. The van der Waals surface area contributed by atoms with Crippen molar-refractivity contribution < 1.29 is 24.0 Å². The van der Waals surface area contributed by atoms with E-state index in [1.807, 2.05) is 0 Å². The van der Waals surface area contributed by atoms with E-state index in [2.05, 4.69) is 5.32 Å². The highest BCUT2D eigenvalue weighted by Crippen LogP contribution is 2.18. The number of carbonyl (C=O) groups is 2. The van der Waals surface area contributed by atoms with Crippen molar-refractivity contribution in [3.8, 4) is 0 Å². The third-order valence-electron chi connectivity index (χ3n) is 3.69. The Hall–Kier alpha value is -2.03. The van der Waals surface area contributed by atoms with Crippen molar-refractivity contribution in [2.24, 2.45) is 0 Å². The van der Waals surface area contributed by atoms with Gasteiger partial charge in [-0.05, 0) is 25.0 Å². The monoisotopic (exact) mass is 400 g/mol. The normalized spacial score (nSPS) is 10.6. The minimum Gasteiger partial charge on any atom is -0.379 e. The van der Waals surface area contributed by atoms with E-state index in [1.54, 1.807) is 0 Å². The summed E-state index contributed by atoms with van der Waals surface area (Å²) in [4.78, 5) is 33.0. The minimum absolute atomic E-state index is 0.0704. The van der Waals surface area contributed by atoms with Crippen LogP contribution in [0, 0.1) is 10.1 Å². The highest BCUT2D eigenvalue weighted by Gasteiger charge is 2.16. The molecule has 0 fully saturated rings. The zero-order valence-electron chi connectivity index (χ0n) is 15.2. The maximum absolute atomic E-state index is 12.0. The third-order valence-corrected chi connectivity index (χ3v) is 3.96. The van der Waals surface area contributed by atoms with Gasteiger partial charge in [0.05, 0.1) is 30.3 Å². The minimum atomic E-state index is -0.693. The molecule has 150 valence electrons. The van der Waals surface area contributed by atoms with Crippen molar-refractivity contribution in [3.63, 3.8) is 0 Å². The molecule has 0 spiro atoms. The van der Waals surface area contributed by atoms with Gasteiger partial charge in [-0.3, -0.25) is 19.7 Å². The zero-order chi connectivity index (χ0) is 19.9. The predicted molar refractivity (Wildman–Crippen MR) is 102 cm³/mol. The van der Waals surface area contributed by atoms with E-state index in [0.29, 0.717) is 38.6 Å². The highest BCUT2D eigenvalue weighted by atomic mass is 35.5. The average Bonchev–Trinajstić information content (AvgIpc) is 2.68. The van der Waals surface area contributed by atoms with Gasteiger partial charge in [0.15, 0.2) is 6.29 Å². The third kappa shape index (κ3) is 9.46. The quantitative estimate of drug-likeness (QED) is 0.159. The molecule has 0 unspecified atom stereocenters. The Morgan fingerprint density at radius 2 is 1.81 bits per heavy atom. The van der Waals surface area contributed by atoms with Crippen LogP contribution in [0.5, 0.6) is 0 Å². The molecule has 0 aromatic heterocycles. The summed E-state index contributed by atoms with van der Waals surface area (Å²) in [6, 6.07) is 3.71. The van der Waals surface area contributed by atoms with Crippen LogP contribution in [0.25, 0.3) is 0 Å². The molecule has 1 N–H and O–H groups in total. The van der Waals surface area contributed by atoms with Gasteiger partial charge in [0.25, 0.3) is 11.6 Å². The summed E-state index contributed by atoms with van der Waals surface area (Å²) in [5.74, 6) is 0.235. The van der Waals surface area contributed by atoms with Crippen LogP contribution in [0.1, 0.15) is 46.4 Å². The molecule has 0 radical (unpaired) electrons. The van der Waals surface area contributed by atoms with Crippen LogP contribution >= 0.6 is 11.6 Å². The number of nitrogens with zero attached hydrogens (tertiary/aromatic N) is 1. The number of benzene rings is 1. The number of aldehydes is 1. The SMILES string of the molecule is O=Cc1ccc(C(=O)NCCOCCOCCCCCCCl)cc1[N+](=O)[O-]. The fourth-order valence-corrected chi connectivity index (χ4v) is 2.44. The lowest BCUT2D eigenvalue weighted by molar-refractivity contribution is -0.385. The topological polar surface area (TPSA) is 108 Å². The molecule has 9 heteroatoms. The molecule has 0 aliphatic rings. The summed E-state index contributed by atoms with van der Waals surface area (Å²) in [6.07, 6.45) is 4.64. The van der Waals surface area contributed by atoms with Gasteiger partial charge in [0, 0.05) is 30.7 Å². The second-order valence-electron chi connectivity index (χ2n) is 5.73. The van der Waals surface area contributed by atoms with E-state index in [-0.39, 0.29) is 17.7 Å². The Labute approximate surface area is 163 Å². The van der Waals surface area contributed by atoms with Gasteiger partial charge < -0.3 is 14.8 Å². The Morgan fingerprint density at radius 1 is 1.11 bits per heavy atom. The molecule has 8 nitrogen and oxygen atoms in total. The number of nitro groups is 1. The molecular formula is C18H25ClN2O6. The van der Waals surface area contributed by atoms with Crippen molar-refractivity contribution in [1.29, 1.82) is 0 Å². The van der Waals surface area contributed by atoms with Crippen molar-refractivity contribution in [2.45, 2.75) is 25.7 Å². The van der Waals surface area contributed by atoms with E-state index in [0.717, 1.165) is 31.7 Å². The Morgan fingerprint density at radius 3 is 2.48 bits per heavy atom. The number of unbranched alkanes of at least 4 members (excludes halogenated alkanes) is 3. The van der Waals surface area contributed by atoms with Gasteiger partial charge in [-0.1, -0.05) is 12.8 Å². The van der Waals surface area contributed by atoms with Crippen LogP contribution in [0.15, 0.2) is 18.2 Å². The molecule has 0 atom stereocenters. The molecule has 0 saturated carbocycles. The van der Waals surface area contributed by atoms with Crippen LogP contribution in [-0.2, 0) is 9.47 Å². The largest absolute Gasteiger partial charge is 0.379 e. The van der Waals surface area contributed by atoms with Gasteiger partial charge >= 0.3 is 0 Å². The number of nitrogens with one attached hydrogen (secondary N) is 1. The van der Waals surface area contributed by atoms with Gasteiger partial charge in [0.2, 0.25) is 0 Å². The Kier molecular flexibility index (Phi) is 12.0. The Balaban J connectivity index is 2.15. The molecule has 1 amide bonds. The number of carbonyl (C=O) groups excluding carboxylic acids is 2. The molecule has 1 aromatic carbocycles. The van der Waals surface area contributed by atoms with E-state index in [1.165, 1.54) is 12.1 Å². The first-order chi connectivity index (χ1) is 13.1. The van der Waals surface area contributed by atoms with Gasteiger partial charge in [-0.25, -0.2) is 0 Å². The van der Waals surface area contributed by atoms with Crippen molar-refractivity contribution in [3.05, 3.63) is 39.4 Å². The van der Waals surface area contributed by atoms with Gasteiger partial charge in [0.1, 0.15) is 0 Å². The van der Waals surface area contributed by atoms with Crippen LogP contribution in [0.4, 0.5) is 5.69 Å². The van der Waals surface area contributed by atoms with Gasteiger partial charge in [-0.2, -0.15) is 0 Å². The number of ether oxygens (including phenoxy) is 2. The van der Waals surface area contributed by atoms with Crippen LogP contribution in [0.3, 0.4) is 0 Å². The second-order valence-corrected chi connectivity index (χ2v) is 6.11. The number of hydrogen-bond acceptors (Lipinski definition) is 6. The van der Waals surface area contributed by atoms with Crippen LogP contribution < -0.4 is 5.32 Å². The van der Waals surface area contributed by atoms with Crippen LogP contribution in [0.2, 0.25) is 0 Å². The molecular weight excluding hydrogens is 376 g/mol. The fraction of sp³-hybridized carbons (Fsp3) is 0.556. The summed E-state index contributed by atoms with van der Waals surface area (Å²) in [5.41, 5.74) is -0.350. The highest BCUT2D eigenvalue weighted by molar-refractivity contribution is 6.17. The fourth-order valence-electron chi connectivity index (χ4n) is 2.26. The summed E-state index contributed by atoms with van der Waals surface area (Å²) < 4.78 is 10.8. The molecule has 0 saturated heterocycles. The number of amides is 1. The van der Waals surface area contributed by atoms with Crippen molar-refractivity contribution in [2.75, 3.05) is 38.9 Å². The molecule has 27 heavy (non-hydrogen) atoms. The molecule has 1 aromatic rings. The molecule has 0 bridgehead atoms. The molecule has 0 aliphatic carbocycles. The van der Waals surface area contributed by atoms with Crippen molar-refractivity contribution >= 4 is 29.5 Å². The number of hydrogen-bond donors (Lipinski definition) is 1. The van der Waals surface area contributed by atoms with Crippen LogP contribution in [-0.4, -0.2) is 56.0 Å². The summed E-state index contributed by atoms with van der Waals surface area (Å²) in [7, 11) is 0. The second kappa shape index (κ2) is 14.1. The predicted octanol–water partition coefficient (Wildman–Crippen LogP) is 2.97. The smallest absolute Gasteiger partial charge is 0.280 e. The molecule has 1 rings (SSSR count). The van der Waals surface area contributed by atoms with Crippen molar-refractivity contribution in [1.82, 2.24) is 5.32 Å². The van der Waals surface area contributed by atoms with E-state index in [4.69, 9.17) is 21.1 Å². The van der Waals surface area contributed by atoms with E-state index >= 15 is 0 Å². The zero-order valence-corrected chi connectivity index (χ0v) is 15.9. The number of halogens is 1. The lowest BCUT2D eigenvalue weighted by Crippen LogP contribution is -2.27. The van der Waals surface area contributed by atoms with E-state index in [9.17, 15) is 19.7 Å². The first kappa shape index (κ1) is 23.0. The molecule has 0 aliphatic heterocycles. The summed E-state index contributed by atoms with van der Waals surface area (Å²) in [5, 5.41) is 13.5. The standard InChI is InChI=1S/C18H25ClN2O6/c19-7-3-1-2-4-9-26-11-12-27-10-8-20-18(23)15-5-6-16(14-22)17(13-15)21(24)25/h5-6,13-14H,1-4,7-12H2,(H,20,23). The number of rotatable bonds is 15. The first-order valence-electron chi connectivity index (χ1n) is 8.83. The van der Waals surface area contributed by atoms with Gasteiger partial charge in [-0.15, -0.1) is 11.6 Å². The summed E-state index contributed by atoms with van der Waals surface area (Å²) >= 11 is 5.60. The lowest BCUT2D eigenvalue weighted by Gasteiger charge is -2.08. The maximum Gasteiger partial charge on any atom is 0.280 e. The average molecular weight is 401 g/mol. The maximum atomic E-state index is 12.0. The number of nitro benzene ring substituents is 1.